The lowest BCUT2D eigenvalue weighted by Gasteiger charge is -2.09. The molecule has 0 amide bonds. The molecule has 4 nitrogen and oxygen atoms in total. The van der Waals surface area contributed by atoms with Gasteiger partial charge in [0.05, 0.1) is 5.75 Å². The van der Waals surface area contributed by atoms with Crippen LogP contribution in [0, 0.1) is 6.92 Å². The third-order valence-corrected chi connectivity index (χ3v) is 4.80. The molecule has 0 atom stereocenters. The fourth-order valence-corrected chi connectivity index (χ4v) is 3.60. The Morgan fingerprint density at radius 2 is 1.71 bits per heavy atom. The van der Waals surface area contributed by atoms with Gasteiger partial charge in [0, 0.05) is 11.8 Å². The summed E-state index contributed by atoms with van der Waals surface area (Å²) in [7, 11) is -3.49. The molecule has 1 aromatic heterocycles. The molecule has 0 radical (unpaired) electrons. The van der Waals surface area contributed by atoms with Gasteiger partial charge in [0.15, 0.2) is 0 Å². The molecular weight excluding hydrogens is 320 g/mol. The Kier molecular flexibility index (Phi) is 4.62. The van der Waals surface area contributed by atoms with Crippen LogP contribution in [0.5, 0.6) is 0 Å². The zero-order valence-electron chi connectivity index (χ0n) is 13.3. The molecule has 122 valence electrons. The monoisotopic (exact) mass is 338 g/mol. The van der Waals surface area contributed by atoms with Crippen molar-refractivity contribution in [3.8, 4) is 11.1 Å². The first kappa shape index (κ1) is 16.2. The summed E-state index contributed by atoms with van der Waals surface area (Å²) in [6.07, 6.45) is 1.67. The first-order valence-corrected chi connectivity index (χ1v) is 9.25. The molecule has 0 saturated carbocycles. The fourth-order valence-electron chi connectivity index (χ4n) is 2.47. The quantitative estimate of drug-likeness (QED) is 0.765. The molecule has 3 aromatic rings. The molecule has 1 heterocycles. The lowest BCUT2D eigenvalue weighted by atomic mass is 10.1. The number of sulfonamides is 1. The summed E-state index contributed by atoms with van der Waals surface area (Å²) in [6.45, 7) is 1.94. The molecule has 0 aliphatic heterocycles. The van der Waals surface area contributed by atoms with E-state index in [1.165, 1.54) is 0 Å². The molecule has 3 rings (SSSR count). The third-order valence-electron chi connectivity index (χ3n) is 3.57. The van der Waals surface area contributed by atoms with Crippen LogP contribution in [0.3, 0.4) is 0 Å². The van der Waals surface area contributed by atoms with Crippen molar-refractivity contribution in [3.63, 3.8) is 0 Å². The minimum absolute atomic E-state index is 0.0726. The van der Waals surface area contributed by atoms with E-state index in [2.05, 4.69) is 9.71 Å². The Bertz CT molecular complexity index is 921. The predicted molar refractivity (Wildman–Crippen MR) is 97.1 cm³/mol. The summed E-state index contributed by atoms with van der Waals surface area (Å²) in [4.78, 5) is 4.21. The second-order valence-corrected chi connectivity index (χ2v) is 7.37. The average molecular weight is 338 g/mol. The first-order valence-electron chi connectivity index (χ1n) is 7.59. The van der Waals surface area contributed by atoms with Crippen LogP contribution in [0.2, 0.25) is 0 Å². The summed E-state index contributed by atoms with van der Waals surface area (Å²) in [5.41, 5.74) is 3.77. The molecule has 0 spiro atoms. The van der Waals surface area contributed by atoms with Crippen molar-refractivity contribution in [2.75, 3.05) is 4.72 Å². The second kappa shape index (κ2) is 6.84. The highest BCUT2D eigenvalue weighted by Gasteiger charge is 2.12. The molecule has 0 aliphatic rings. The largest absolute Gasteiger partial charge is 0.267 e. The van der Waals surface area contributed by atoms with Crippen molar-refractivity contribution in [1.82, 2.24) is 4.98 Å². The van der Waals surface area contributed by atoms with E-state index in [0.29, 0.717) is 5.82 Å². The number of anilines is 1. The molecule has 0 fully saturated rings. The number of nitrogens with zero attached hydrogens (tertiary/aromatic N) is 1. The lowest BCUT2D eigenvalue weighted by molar-refractivity contribution is 0.600. The highest BCUT2D eigenvalue weighted by Crippen LogP contribution is 2.20. The van der Waals surface area contributed by atoms with Crippen LogP contribution < -0.4 is 4.72 Å². The van der Waals surface area contributed by atoms with E-state index in [1.54, 1.807) is 18.3 Å². The van der Waals surface area contributed by atoms with Crippen LogP contribution in [0.15, 0.2) is 72.9 Å². The number of nitrogens with one attached hydrogen (secondary N) is 1. The van der Waals surface area contributed by atoms with Gasteiger partial charge in [-0.25, -0.2) is 13.4 Å². The molecule has 0 saturated heterocycles. The Morgan fingerprint density at radius 3 is 2.38 bits per heavy atom. The molecule has 24 heavy (non-hydrogen) atoms. The lowest BCUT2D eigenvalue weighted by Crippen LogP contribution is -2.15. The zero-order chi connectivity index (χ0) is 17.0. The van der Waals surface area contributed by atoms with Gasteiger partial charge in [-0.05, 0) is 30.2 Å². The Labute approximate surface area is 142 Å². The van der Waals surface area contributed by atoms with E-state index < -0.39 is 10.0 Å². The SMILES string of the molecule is Cc1cccc(CS(=O)(=O)Nc2ccc(-c3ccccc3)cn2)c1. The van der Waals surface area contributed by atoms with Gasteiger partial charge in [-0.2, -0.15) is 0 Å². The van der Waals surface area contributed by atoms with Crippen LogP contribution in [-0.4, -0.2) is 13.4 Å². The van der Waals surface area contributed by atoms with Gasteiger partial charge in [-0.1, -0.05) is 60.2 Å². The first-order chi connectivity index (χ1) is 11.5. The number of pyridine rings is 1. The predicted octanol–water partition coefficient (Wildman–Crippen LogP) is 4.00. The fraction of sp³-hybridized carbons (Fsp3) is 0.105. The van der Waals surface area contributed by atoms with Crippen molar-refractivity contribution in [2.24, 2.45) is 0 Å². The summed E-state index contributed by atoms with van der Waals surface area (Å²) in [5, 5.41) is 0. The van der Waals surface area contributed by atoms with Gasteiger partial charge in [0.2, 0.25) is 10.0 Å². The van der Waals surface area contributed by atoms with Gasteiger partial charge in [-0.15, -0.1) is 0 Å². The number of hydrogen-bond donors (Lipinski definition) is 1. The standard InChI is InChI=1S/C19H18N2O2S/c1-15-6-5-7-16(12-15)14-24(22,23)21-19-11-10-18(13-20-19)17-8-3-2-4-9-17/h2-13H,14H2,1H3,(H,20,21). The topological polar surface area (TPSA) is 59.1 Å². The van der Waals surface area contributed by atoms with Crippen LogP contribution >= 0.6 is 0 Å². The van der Waals surface area contributed by atoms with E-state index >= 15 is 0 Å². The maximum Gasteiger partial charge on any atom is 0.238 e. The number of aryl methyl sites for hydroxylation is 1. The summed E-state index contributed by atoms with van der Waals surface area (Å²) >= 11 is 0. The zero-order valence-corrected chi connectivity index (χ0v) is 14.1. The van der Waals surface area contributed by atoms with E-state index in [1.807, 2.05) is 61.5 Å². The average Bonchev–Trinajstić information content (AvgIpc) is 2.55. The highest BCUT2D eigenvalue weighted by molar-refractivity contribution is 7.91. The van der Waals surface area contributed by atoms with Gasteiger partial charge in [0.1, 0.15) is 5.82 Å². The van der Waals surface area contributed by atoms with Crippen LogP contribution in [0.25, 0.3) is 11.1 Å². The maximum absolute atomic E-state index is 12.3. The molecule has 2 aromatic carbocycles. The molecular formula is C19H18N2O2S. The Morgan fingerprint density at radius 1 is 0.917 bits per heavy atom. The van der Waals surface area contributed by atoms with Gasteiger partial charge < -0.3 is 0 Å². The van der Waals surface area contributed by atoms with E-state index in [-0.39, 0.29) is 5.75 Å². The second-order valence-electron chi connectivity index (χ2n) is 5.65. The Hall–Kier alpha value is -2.66. The van der Waals surface area contributed by atoms with Crippen molar-refractivity contribution >= 4 is 15.8 Å². The van der Waals surface area contributed by atoms with Gasteiger partial charge >= 0.3 is 0 Å². The molecule has 0 bridgehead atoms. The van der Waals surface area contributed by atoms with Crippen LogP contribution in [0.1, 0.15) is 11.1 Å². The minimum atomic E-state index is -3.49. The van der Waals surface area contributed by atoms with Crippen molar-refractivity contribution in [2.45, 2.75) is 12.7 Å². The number of aromatic nitrogens is 1. The van der Waals surface area contributed by atoms with Crippen LogP contribution in [0.4, 0.5) is 5.82 Å². The van der Waals surface area contributed by atoms with E-state index in [4.69, 9.17) is 0 Å². The summed E-state index contributed by atoms with van der Waals surface area (Å²) in [5.74, 6) is 0.249. The van der Waals surface area contributed by atoms with Gasteiger partial charge in [-0.3, -0.25) is 4.72 Å². The number of rotatable bonds is 5. The smallest absolute Gasteiger partial charge is 0.238 e. The maximum atomic E-state index is 12.3. The van der Waals surface area contributed by atoms with E-state index in [0.717, 1.165) is 22.3 Å². The van der Waals surface area contributed by atoms with Crippen molar-refractivity contribution in [1.29, 1.82) is 0 Å². The number of benzene rings is 2. The Balaban J connectivity index is 1.73. The summed E-state index contributed by atoms with van der Waals surface area (Å²) in [6, 6.07) is 20.8. The van der Waals surface area contributed by atoms with E-state index in [9.17, 15) is 8.42 Å². The molecule has 0 aliphatic carbocycles. The molecule has 5 heteroatoms. The molecule has 0 unspecified atom stereocenters. The highest BCUT2D eigenvalue weighted by atomic mass is 32.2. The minimum Gasteiger partial charge on any atom is -0.267 e. The molecule has 1 N–H and O–H groups in total. The van der Waals surface area contributed by atoms with Crippen molar-refractivity contribution < 1.29 is 8.42 Å². The van der Waals surface area contributed by atoms with Crippen molar-refractivity contribution in [3.05, 3.63) is 84.1 Å². The normalized spacial score (nSPS) is 11.2. The summed E-state index contributed by atoms with van der Waals surface area (Å²) < 4.78 is 27.1. The van der Waals surface area contributed by atoms with Gasteiger partial charge in [0.25, 0.3) is 0 Å². The third kappa shape index (κ3) is 4.20. The van der Waals surface area contributed by atoms with Crippen LogP contribution in [-0.2, 0) is 15.8 Å². The number of hydrogen-bond acceptors (Lipinski definition) is 3.